The summed E-state index contributed by atoms with van der Waals surface area (Å²) in [6, 6.07) is 12.0. The van der Waals surface area contributed by atoms with Gasteiger partial charge in [0, 0.05) is 24.2 Å². The number of fused-ring (bicyclic) bond motifs is 1. The molecule has 1 aromatic heterocycles. The number of nitrogens with zero attached hydrogens (tertiary/aromatic N) is 1. The van der Waals surface area contributed by atoms with Gasteiger partial charge in [-0.3, -0.25) is 9.59 Å². The summed E-state index contributed by atoms with van der Waals surface area (Å²) >= 11 is 0. The SMILES string of the molecule is CC(=O)c1cccc(OC(C)C(=O)Nc2ccc3nc(C)oc3c2)c1. The van der Waals surface area contributed by atoms with Gasteiger partial charge in [-0.25, -0.2) is 4.98 Å². The average molecular weight is 338 g/mol. The Hall–Kier alpha value is -3.15. The molecule has 0 aliphatic rings. The van der Waals surface area contributed by atoms with E-state index in [4.69, 9.17) is 9.15 Å². The molecule has 6 heteroatoms. The van der Waals surface area contributed by atoms with E-state index in [0.717, 1.165) is 5.52 Å². The monoisotopic (exact) mass is 338 g/mol. The number of amides is 1. The Morgan fingerprint density at radius 3 is 2.76 bits per heavy atom. The van der Waals surface area contributed by atoms with Crippen LogP contribution in [0.4, 0.5) is 5.69 Å². The molecule has 128 valence electrons. The molecule has 2 aromatic carbocycles. The van der Waals surface area contributed by atoms with Crippen LogP contribution in [0.1, 0.15) is 30.1 Å². The highest BCUT2D eigenvalue weighted by Crippen LogP contribution is 2.21. The highest BCUT2D eigenvalue weighted by Gasteiger charge is 2.16. The lowest BCUT2D eigenvalue weighted by Gasteiger charge is -2.15. The first kappa shape index (κ1) is 16.7. The maximum atomic E-state index is 12.3. The normalized spacial score (nSPS) is 12.0. The first-order valence-corrected chi connectivity index (χ1v) is 7.88. The molecule has 0 aliphatic heterocycles. The van der Waals surface area contributed by atoms with Gasteiger partial charge in [-0.05, 0) is 38.1 Å². The summed E-state index contributed by atoms with van der Waals surface area (Å²) in [5.74, 6) is 0.680. The van der Waals surface area contributed by atoms with Crippen molar-refractivity contribution in [2.75, 3.05) is 5.32 Å². The summed E-state index contributed by atoms with van der Waals surface area (Å²) in [4.78, 5) is 28.0. The standard InChI is InChI=1S/C19H18N2O4/c1-11(22)14-5-4-6-16(9-14)24-12(2)19(23)21-15-7-8-17-18(10-15)25-13(3)20-17/h4-10,12H,1-3H3,(H,21,23). The number of aromatic nitrogens is 1. The fraction of sp³-hybridized carbons (Fsp3) is 0.211. The zero-order valence-electron chi connectivity index (χ0n) is 14.2. The minimum atomic E-state index is -0.727. The van der Waals surface area contributed by atoms with Crippen molar-refractivity contribution in [3.63, 3.8) is 0 Å². The van der Waals surface area contributed by atoms with Crippen molar-refractivity contribution in [3.05, 3.63) is 53.9 Å². The lowest BCUT2D eigenvalue weighted by molar-refractivity contribution is -0.122. The third-order valence-corrected chi connectivity index (χ3v) is 3.69. The maximum absolute atomic E-state index is 12.3. The minimum Gasteiger partial charge on any atom is -0.481 e. The molecule has 0 saturated carbocycles. The van der Waals surface area contributed by atoms with Gasteiger partial charge in [0.2, 0.25) is 0 Å². The van der Waals surface area contributed by atoms with Crippen molar-refractivity contribution in [1.82, 2.24) is 4.98 Å². The number of anilines is 1. The smallest absolute Gasteiger partial charge is 0.265 e. The van der Waals surface area contributed by atoms with Crippen LogP contribution in [-0.4, -0.2) is 22.8 Å². The number of hydrogen-bond donors (Lipinski definition) is 1. The summed E-state index contributed by atoms with van der Waals surface area (Å²) in [5, 5.41) is 2.78. The molecule has 0 aliphatic carbocycles. The van der Waals surface area contributed by atoms with E-state index in [1.165, 1.54) is 6.92 Å². The van der Waals surface area contributed by atoms with Crippen molar-refractivity contribution in [2.24, 2.45) is 0 Å². The van der Waals surface area contributed by atoms with Crippen molar-refractivity contribution in [1.29, 1.82) is 0 Å². The number of ether oxygens (including phenoxy) is 1. The summed E-state index contributed by atoms with van der Waals surface area (Å²) < 4.78 is 11.1. The van der Waals surface area contributed by atoms with Crippen molar-refractivity contribution < 1.29 is 18.7 Å². The Balaban J connectivity index is 1.69. The molecule has 1 atom stereocenters. The average Bonchev–Trinajstić information content (AvgIpc) is 2.94. The number of ketones is 1. The van der Waals surface area contributed by atoms with Crippen LogP contribution in [0.15, 0.2) is 46.9 Å². The van der Waals surface area contributed by atoms with Crippen molar-refractivity contribution >= 4 is 28.5 Å². The van der Waals surface area contributed by atoms with Gasteiger partial charge in [-0.15, -0.1) is 0 Å². The van der Waals surface area contributed by atoms with E-state index in [0.29, 0.717) is 28.5 Å². The van der Waals surface area contributed by atoms with E-state index in [-0.39, 0.29) is 11.7 Å². The molecule has 0 spiro atoms. The number of carbonyl (C=O) groups is 2. The number of benzene rings is 2. The first-order chi connectivity index (χ1) is 11.9. The predicted molar refractivity (Wildman–Crippen MR) is 93.9 cm³/mol. The number of oxazole rings is 1. The van der Waals surface area contributed by atoms with Gasteiger partial charge >= 0.3 is 0 Å². The Labute approximate surface area is 144 Å². The van der Waals surface area contributed by atoms with Crippen LogP contribution in [0.5, 0.6) is 5.75 Å². The second kappa shape index (κ2) is 6.76. The Bertz CT molecular complexity index is 946. The molecule has 0 fully saturated rings. The highest BCUT2D eigenvalue weighted by atomic mass is 16.5. The van der Waals surface area contributed by atoms with E-state index in [1.54, 1.807) is 56.3 Å². The third kappa shape index (κ3) is 3.85. The number of rotatable bonds is 5. The molecular weight excluding hydrogens is 320 g/mol. The molecule has 3 rings (SSSR count). The summed E-state index contributed by atoms with van der Waals surface area (Å²) in [7, 11) is 0. The summed E-state index contributed by atoms with van der Waals surface area (Å²) in [6.07, 6.45) is -0.727. The number of nitrogens with one attached hydrogen (secondary N) is 1. The zero-order chi connectivity index (χ0) is 18.0. The van der Waals surface area contributed by atoms with Crippen LogP contribution >= 0.6 is 0 Å². The number of Topliss-reactive ketones (excluding diaryl/α,β-unsaturated/α-hetero) is 1. The number of aryl methyl sites for hydroxylation is 1. The zero-order valence-corrected chi connectivity index (χ0v) is 14.2. The van der Waals surface area contributed by atoms with Crippen LogP contribution < -0.4 is 10.1 Å². The lowest BCUT2D eigenvalue weighted by atomic mass is 10.1. The molecule has 6 nitrogen and oxygen atoms in total. The van der Waals surface area contributed by atoms with Crippen LogP contribution in [0.25, 0.3) is 11.1 Å². The quantitative estimate of drug-likeness (QED) is 0.717. The van der Waals surface area contributed by atoms with Gasteiger partial charge in [0.1, 0.15) is 11.3 Å². The molecule has 25 heavy (non-hydrogen) atoms. The largest absolute Gasteiger partial charge is 0.481 e. The van der Waals surface area contributed by atoms with E-state index in [1.807, 2.05) is 0 Å². The molecular formula is C19H18N2O4. The van der Waals surface area contributed by atoms with Crippen LogP contribution in [0.2, 0.25) is 0 Å². The maximum Gasteiger partial charge on any atom is 0.265 e. The second-order valence-corrected chi connectivity index (χ2v) is 5.75. The second-order valence-electron chi connectivity index (χ2n) is 5.75. The van der Waals surface area contributed by atoms with Crippen molar-refractivity contribution in [2.45, 2.75) is 26.9 Å². The fourth-order valence-electron chi connectivity index (χ4n) is 2.41. The van der Waals surface area contributed by atoms with E-state index in [9.17, 15) is 9.59 Å². The number of carbonyl (C=O) groups excluding carboxylic acids is 2. The van der Waals surface area contributed by atoms with Gasteiger partial charge in [0.05, 0.1) is 0 Å². The van der Waals surface area contributed by atoms with Gasteiger partial charge < -0.3 is 14.5 Å². The molecule has 0 radical (unpaired) electrons. The molecule has 1 unspecified atom stereocenters. The molecule has 1 amide bonds. The van der Waals surface area contributed by atoms with Crippen LogP contribution in [0, 0.1) is 6.92 Å². The first-order valence-electron chi connectivity index (χ1n) is 7.88. The summed E-state index contributed by atoms with van der Waals surface area (Å²) in [5.41, 5.74) is 2.48. The Kier molecular flexibility index (Phi) is 4.52. The minimum absolute atomic E-state index is 0.0572. The van der Waals surface area contributed by atoms with Crippen molar-refractivity contribution in [3.8, 4) is 5.75 Å². The Morgan fingerprint density at radius 2 is 2.00 bits per heavy atom. The van der Waals surface area contributed by atoms with Gasteiger partial charge in [-0.1, -0.05) is 12.1 Å². The number of hydrogen-bond acceptors (Lipinski definition) is 5. The molecule has 3 aromatic rings. The Morgan fingerprint density at radius 1 is 1.20 bits per heavy atom. The molecule has 0 bridgehead atoms. The fourth-order valence-corrected chi connectivity index (χ4v) is 2.41. The van der Waals surface area contributed by atoms with Gasteiger partial charge in [0.25, 0.3) is 5.91 Å². The predicted octanol–water partition coefficient (Wildman–Crippen LogP) is 3.74. The summed E-state index contributed by atoms with van der Waals surface area (Å²) in [6.45, 7) is 4.90. The van der Waals surface area contributed by atoms with Gasteiger partial charge in [-0.2, -0.15) is 0 Å². The topological polar surface area (TPSA) is 81.4 Å². The third-order valence-electron chi connectivity index (χ3n) is 3.69. The van der Waals surface area contributed by atoms with E-state index >= 15 is 0 Å². The highest BCUT2D eigenvalue weighted by molar-refractivity contribution is 5.96. The lowest BCUT2D eigenvalue weighted by Crippen LogP contribution is -2.30. The van der Waals surface area contributed by atoms with Crippen LogP contribution in [0.3, 0.4) is 0 Å². The van der Waals surface area contributed by atoms with E-state index in [2.05, 4.69) is 10.3 Å². The molecule has 0 saturated heterocycles. The van der Waals surface area contributed by atoms with Crippen LogP contribution in [-0.2, 0) is 4.79 Å². The molecule has 1 N–H and O–H groups in total. The van der Waals surface area contributed by atoms with E-state index < -0.39 is 6.10 Å². The molecule has 1 heterocycles. The van der Waals surface area contributed by atoms with Gasteiger partial charge in [0.15, 0.2) is 23.4 Å².